The molecule has 18 heavy (non-hydrogen) atoms. The van der Waals surface area contributed by atoms with Gasteiger partial charge in [0.2, 0.25) is 0 Å². The predicted octanol–water partition coefficient (Wildman–Crippen LogP) is 1.89. The van der Waals surface area contributed by atoms with Crippen molar-refractivity contribution >= 4 is 23.2 Å². The summed E-state index contributed by atoms with van der Waals surface area (Å²) < 4.78 is 36.8. The molecule has 0 unspecified atom stereocenters. The highest BCUT2D eigenvalue weighted by Gasteiger charge is 2.43. The maximum Gasteiger partial charge on any atom is 0.471 e. The van der Waals surface area contributed by atoms with Crippen molar-refractivity contribution in [2.75, 3.05) is 6.54 Å². The number of hydrogen-bond donors (Lipinski definition) is 1. The largest absolute Gasteiger partial charge is 0.477 e. The molecule has 0 fully saturated rings. The molecule has 0 saturated heterocycles. The van der Waals surface area contributed by atoms with Crippen molar-refractivity contribution < 1.29 is 27.9 Å². The highest BCUT2D eigenvalue weighted by molar-refractivity contribution is 7.14. The molecule has 0 aromatic carbocycles. The number of carbonyl (C=O) groups excluding carboxylic acids is 1. The first-order valence-electron chi connectivity index (χ1n) is 5.00. The minimum absolute atomic E-state index is 0.0368. The van der Waals surface area contributed by atoms with E-state index in [0.29, 0.717) is 10.5 Å². The first kappa shape index (κ1) is 12.9. The SMILES string of the molecule is O=C(O)c1cc2c(s1)CCN(C(=O)C(F)(F)F)C2. The third-order valence-corrected chi connectivity index (χ3v) is 3.83. The monoisotopic (exact) mass is 279 g/mol. The molecule has 0 radical (unpaired) electrons. The summed E-state index contributed by atoms with van der Waals surface area (Å²) in [4.78, 5) is 23.3. The van der Waals surface area contributed by atoms with Gasteiger partial charge in [0.25, 0.3) is 0 Å². The second-order valence-corrected chi connectivity index (χ2v) is 4.98. The Balaban J connectivity index is 2.20. The Bertz CT molecular complexity index is 509. The van der Waals surface area contributed by atoms with Crippen LogP contribution in [0.25, 0.3) is 0 Å². The third kappa shape index (κ3) is 2.33. The van der Waals surface area contributed by atoms with Crippen LogP contribution >= 0.6 is 11.3 Å². The fraction of sp³-hybridized carbons (Fsp3) is 0.400. The molecule has 1 N–H and O–H groups in total. The standard InChI is InChI=1S/C10H8F3NO3S/c11-10(12,13)9(17)14-2-1-6-5(4-14)3-7(18-6)8(15)16/h3H,1-2,4H2,(H,15,16). The van der Waals surface area contributed by atoms with Crippen molar-refractivity contribution in [3.05, 3.63) is 21.4 Å². The number of alkyl halides is 3. The summed E-state index contributed by atoms with van der Waals surface area (Å²) in [6.45, 7) is -0.220. The summed E-state index contributed by atoms with van der Waals surface area (Å²) in [7, 11) is 0. The van der Waals surface area contributed by atoms with Gasteiger partial charge in [-0.1, -0.05) is 0 Å². The van der Waals surface area contributed by atoms with Gasteiger partial charge in [0.05, 0.1) is 0 Å². The van der Waals surface area contributed by atoms with Crippen LogP contribution in [0, 0.1) is 0 Å². The van der Waals surface area contributed by atoms with Crippen LogP contribution in [0.4, 0.5) is 13.2 Å². The number of fused-ring (bicyclic) bond motifs is 1. The van der Waals surface area contributed by atoms with Gasteiger partial charge in [0.1, 0.15) is 4.88 Å². The second kappa shape index (κ2) is 4.27. The maximum atomic E-state index is 12.3. The predicted molar refractivity (Wildman–Crippen MR) is 56.5 cm³/mol. The number of halogens is 3. The summed E-state index contributed by atoms with van der Waals surface area (Å²) in [5.74, 6) is -2.99. The van der Waals surface area contributed by atoms with E-state index in [1.165, 1.54) is 6.07 Å². The molecule has 0 aliphatic carbocycles. The number of amides is 1. The first-order chi connectivity index (χ1) is 8.29. The number of carbonyl (C=O) groups is 2. The van der Waals surface area contributed by atoms with Crippen molar-refractivity contribution in [3.8, 4) is 0 Å². The number of thiophene rings is 1. The van der Waals surface area contributed by atoms with E-state index < -0.39 is 18.1 Å². The zero-order valence-electron chi connectivity index (χ0n) is 8.95. The average molecular weight is 279 g/mol. The minimum atomic E-state index is -4.89. The van der Waals surface area contributed by atoms with Crippen molar-refractivity contribution in [3.63, 3.8) is 0 Å². The molecule has 1 amide bonds. The van der Waals surface area contributed by atoms with Gasteiger partial charge in [-0.15, -0.1) is 11.3 Å². The molecule has 2 rings (SSSR count). The Labute approximate surface area is 104 Å². The number of aromatic carboxylic acids is 1. The van der Waals surface area contributed by atoms with E-state index in [1.54, 1.807) is 0 Å². The van der Waals surface area contributed by atoms with Crippen molar-refractivity contribution in [1.82, 2.24) is 4.90 Å². The van der Waals surface area contributed by atoms with E-state index in [9.17, 15) is 22.8 Å². The van der Waals surface area contributed by atoms with Gasteiger partial charge >= 0.3 is 18.1 Å². The minimum Gasteiger partial charge on any atom is -0.477 e. The summed E-state index contributed by atoms with van der Waals surface area (Å²) in [6.07, 6.45) is -4.63. The van der Waals surface area contributed by atoms with E-state index >= 15 is 0 Å². The van der Waals surface area contributed by atoms with Crippen molar-refractivity contribution in [2.24, 2.45) is 0 Å². The molecular formula is C10H8F3NO3S. The highest BCUT2D eigenvalue weighted by atomic mass is 32.1. The van der Waals surface area contributed by atoms with Gasteiger partial charge in [0.15, 0.2) is 0 Å². The summed E-state index contributed by atoms with van der Waals surface area (Å²) in [5, 5.41) is 8.79. The van der Waals surface area contributed by atoms with Crippen LogP contribution in [0.1, 0.15) is 20.1 Å². The van der Waals surface area contributed by atoms with E-state index in [0.717, 1.165) is 16.2 Å². The van der Waals surface area contributed by atoms with Gasteiger partial charge < -0.3 is 10.0 Å². The van der Waals surface area contributed by atoms with E-state index in [-0.39, 0.29) is 24.4 Å². The number of nitrogens with zero attached hydrogens (tertiary/aromatic N) is 1. The van der Waals surface area contributed by atoms with Crippen LogP contribution in [-0.4, -0.2) is 34.6 Å². The lowest BCUT2D eigenvalue weighted by Crippen LogP contribution is -2.43. The van der Waals surface area contributed by atoms with E-state index in [2.05, 4.69) is 0 Å². The fourth-order valence-electron chi connectivity index (χ4n) is 1.79. The molecule has 0 spiro atoms. The van der Waals surface area contributed by atoms with Gasteiger partial charge in [-0.05, 0) is 18.1 Å². The Morgan fingerprint density at radius 3 is 2.61 bits per heavy atom. The topological polar surface area (TPSA) is 57.6 Å². The average Bonchev–Trinajstić information content (AvgIpc) is 2.69. The normalized spacial score (nSPS) is 15.4. The van der Waals surface area contributed by atoms with Gasteiger partial charge in [-0.2, -0.15) is 13.2 Å². The zero-order valence-corrected chi connectivity index (χ0v) is 9.77. The number of carboxylic acids is 1. The Hall–Kier alpha value is -1.57. The van der Waals surface area contributed by atoms with Gasteiger partial charge in [-0.3, -0.25) is 4.79 Å². The lowest BCUT2D eigenvalue weighted by Gasteiger charge is -2.27. The van der Waals surface area contributed by atoms with E-state index in [4.69, 9.17) is 5.11 Å². The van der Waals surface area contributed by atoms with Crippen LogP contribution in [0.2, 0.25) is 0 Å². The lowest BCUT2D eigenvalue weighted by molar-refractivity contribution is -0.186. The quantitative estimate of drug-likeness (QED) is 0.854. The molecule has 1 aliphatic rings. The Kier molecular flexibility index (Phi) is 3.05. The first-order valence-corrected chi connectivity index (χ1v) is 5.81. The Morgan fingerprint density at radius 1 is 1.39 bits per heavy atom. The van der Waals surface area contributed by atoms with Crippen molar-refractivity contribution in [1.29, 1.82) is 0 Å². The van der Waals surface area contributed by atoms with Gasteiger partial charge in [-0.25, -0.2) is 4.79 Å². The molecule has 0 atom stereocenters. The summed E-state index contributed by atoms with van der Waals surface area (Å²) >= 11 is 1.05. The zero-order chi connectivity index (χ0) is 13.5. The number of carboxylic acid groups (broad SMARTS) is 1. The van der Waals surface area contributed by atoms with Crippen LogP contribution in [0.3, 0.4) is 0 Å². The molecule has 8 heteroatoms. The molecule has 98 valence electrons. The molecular weight excluding hydrogens is 271 g/mol. The van der Waals surface area contributed by atoms with Gasteiger partial charge in [0, 0.05) is 18.0 Å². The maximum absolute atomic E-state index is 12.3. The van der Waals surface area contributed by atoms with Crippen LogP contribution in [0.15, 0.2) is 6.07 Å². The number of rotatable bonds is 1. The van der Waals surface area contributed by atoms with Crippen LogP contribution in [0.5, 0.6) is 0 Å². The van der Waals surface area contributed by atoms with Crippen molar-refractivity contribution in [2.45, 2.75) is 19.1 Å². The van der Waals surface area contributed by atoms with E-state index in [1.807, 2.05) is 0 Å². The molecule has 1 aromatic heterocycles. The van der Waals surface area contributed by atoms with Crippen LogP contribution < -0.4 is 0 Å². The molecule has 1 aliphatic heterocycles. The highest BCUT2D eigenvalue weighted by Crippen LogP contribution is 2.30. The van der Waals surface area contributed by atoms with Crippen LogP contribution in [-0.2, 0) is 17.8 Å². The smallest absolute Gasteiger partial charge is 0.471 e. The summed E-state index contributed by atoms with van der Waals surface area (Å²) in [5.41, 5.74) is 0.487. The lowest BCUT2D eigenvalue weighted by atomic mass is 10.1. The summed E-state index contributed by atoms with van der Waals surface area (Å²) in [6, 6.07) is 1.33. The molecule has 4 nitrogen and oxygen atoms in total. The Morgan fingerprint density at radius 2 is 2.06 bits per heavy atom. The molecule has 1 aromatic rings. The number of hydrogen-bond acceptors (Lipinski definition) is 3. The second-order valence-electron chi connectivity index (χ2n) is 3.84. The fourth-order valence-corrected chi connectivity index (χ4v) is 2.79. The molecule has 2 heterocycles. The third-order valence-electron chi connectivity index (χ3n) is 2.61. The molecule has 0 saturated carbocycles. The molecule has 0 bridgehead atoms.